The molecule has 1 saturated heterocycles. The van der Waals surface area contributed by atoms with Crippen LogP contribution in [0.15, 0.2) is 15.8 Å². The van der Waals surface area contributed by atoms with Crippen LogP contribution in [-0.2, 0) is 11.3 Å². The molecule has 1 aliphatic heterocycles. The maximum absolute atomic E-state index is 11.5. The Labute approximate surface area is 106 Å². The van der Waals surface area contributed by atoms with Gasteiger partial charge < -0.3 is 4.74 Å². The van der Waals surface area contributed by atoms with Crippen molar-refractivity contribution in [3.63, 3.8) is 0 Å². The quantitative estimate of drug-likeness (QED) is 0.827. The Morgan fingerprint density at radius 2 is 2.38 bits per heavy atom. The average Bonchev–Trinajstić information content (AvgIpc) is 2.74. The first-order chi connectivity index (χ1) is 7.66. The van der Waals surface area contributed by atoms with Crippen LogP contribution in [0.3, 0.4) is 0 Å². The highest BCUT2D eigenvalue weighted by Crippen LogP contribution is 2.15. The van der Waals surface area contributed by atoms with Gasteiger partial charge in [-0.25, -0.2) is 4.79 Å². The molecule has 0 radical (unpaired) electrons. The second-order valence-corrected chi connectivity index (χ2v) is 5.02. The second kappa shape index (κ2) is 5.13. The molecule has 6 heteroatoms. The van der Waals surface area contributed by atoms with E-state index >= 15 is 0 Å². The molecule has 0 saturated carbocycles. The number of aromatic amines is 1. The summed E-state index contributed by atoms with van der Waals surface area (Å²) >= 11 is 1.92. The van der Waals surface area contributed by atoms with Gasteiger partial charge in [0.25, 0.3) is 5.56 Å². The molecule has 1 unspecified atom stereocenters. The zero-order chi connectivity index (χ0) is 11.5. The van der Waals surface area contributed by atoms with E-state index < -0.39 is 0 Å². The maximum atomic E-state index is 11.5. The monoisotopic (exact) mass is 336 g/mol. The van der Waals surface area contributed by atoms with E-state index in [9.17, 15) is 9.59 Å². The number of nitrogens with zero attached hydrogens (tertiary/aromatic N) is 1. The normalized spacial score (nSPS) is 20.2. The van der Waals surface area contributed by atoms with E-state index in [0.717, 1.165) is 25.9 Å². The minimum Gasteiger partial charge on any atom is -0.378 e. The van der Waals surface area contributed by atoms with Crippen LogP contribution in [0.4, 0.5) is 0 Å². The summed E-state index contributed by atoms with van der Waals surface area (Å²) in [6, 6.07) is 0. The summed E-state index contributed by atoms with van der Waals surface area (Å²) in [6.07, 6.45) is 4.84. The number of H-pyrrole nitrogens is 1. The van der Waals surface area contributed by atoms with E-state index in [1.807, 2.05) is 22.6 Å². The molecule has 0 amide bonds. The van der Waals surface area contributed by atoms with E-state index in [4.69, 9.17) is 4.74 Å². The lowest BCUT2D eigenvalue weighted by molar-refractivity contribution is 0.1000. The SMILES string of the molecule is O=c1[nH]c(=O)n(CCC2CCCO2)cc1I. The Bertz CT molecular complexity index is 474. The van der Waals surface area contributed by atoms with Gasteiger partial charge in [-0.1, -0.05) is 0 Å². The molecule has 88 valence electrons. The number of hydrogen-bond acceptors (Lipinski definition) is 3. The smallest absolute Gasteiger partial charge is 0.328 e. The van der Waals surface area contributed by atoms with Crippen LogP contribution in [0.5, 0.6) is 0 Å². The highest BCUT2D eigenvalue weighted by Gasteiger charge is 2.15. The summed E-state index contributed by atoms with van der Waals surface area (Å²) in [6.45, 7) is 1.42. The van der Waals surface area contributed by atoms with E-state index in [1.165, 1.54) is 4.57 Å². The molecule has 16 heavy (non-hydrogen) atoms. The summed E-state index contributed by atoms with van der Waals surface area (Å²) in [5, 5.41) is 0. The fourth-order valence-corrected chi connectivity index (χ4v) is 2.27. The van der Waals surface area contributed by atoms with Crippen LogP contribution in [0.1, 0.15) is 19.3 Å². The minimum absolute atomic E-state index is 0.261. The molecule has 0 aromatic carbocycles. The molecule has 1 aromatic rings. The molecule has 5 nitrogen and oxygen atoms in total. The standard InChI is InChI=1S/C10H13IN2O3/c11-8-6-13(10(15)12-9(8)14)4-3-7-2-1-5-16-7/h6-7H,1-5H2,(H,12,14,15). The summed E-state index contributed by atoms with van der Waals surface area (Å²) in [5.74, 6) is 0. The molecule has 0 bridgehead atoms. The lowest BCUT2D eigenvalue weighted by Crippen LogP contribution is -2.31. The Hall–Kier alpha value is -0.630. The van der Waals surface area contributed by atoms with E-state index in [-0.39, 0.29) is 17.4 Å². The largest absolute Gasteiger partial charge is 0.378 e. The Balaban J connectivity index is 2.06. The summed E-state index contributed by atoms with van der Waals surface area (Å²) in [5.41, 5.74) is -0.664. The Morgan fingerprint density at radius 3 is 3.06 bits per heavy atom. The van der Waals surface area contributed by atoms with Gasteiger partial charge in [-0.2, -0.15) is 0 Å². The van der Waals surface area contributed by atoms with Gasteiger partial charge >= 0.3 is 5.69 Å². The van der Waals surface area contributed by atoms with Gasteiger partial charge in [-0.3, -0.25) is 14.3 Å². The van der Waals surface area contributed by atoms with Crippen molar-refractivity contribution in [1.82, 2.24) is 9.55 Å². The van der Waals surface area contributed by atoms with E-state index in [0.29, 0.717) is 10.1 Å². The number of nitrogens with one attached hydrogen (secondary N) is 1. The third-order valence-electron chi connectivity index (χ3n) is 2.68. The second-order valence-electron chi connectivity index (χ2n) is 3.85. The first-order valence-electron chi connectivity index (χ1n) is 5.27. The van der Waals surface area contributed by atoms with Gasteiger partial charge in [0.05, 0.1) is 9.67 Å². The predicted octanol–water partition coefficient (Wildman–Crippen LogP) is 0.710. The molecule has 1 aliphatic rings. The molecule has 1 fully saturated rings. The number of aromatic nitrogens is 2. The van der Waals surface area contributed by atoms with Crippen molar-refractivity contribution >= 4 is 22.6 Å². The first-order valence-corrected chi connectivity index (χ1v) is 6.35. The van der Waals surface area contributed by atoms with Crippen LogP contribution in [0.25, 0.3) is 0 Å². The van der Waals surface area contributed by atoms with Crippen LogP contribution < -0.4 is 11.2 Å². The van der Waals surface area contributed by atoms with Crippen molar-refractivity contribution < 1.29 is 4.74 Å². The fraction of sp³-hybridized carbons (Fsp3) is 0.600. The molecule has 2 rings (SSSR count). The molecule has 0 spiro atoms. The van der Waals surface area contributed by atoms with E-state index in [2.05, 4.69) is 4.98 Å². The average molecular weight is 336 g/mol. The van der Waals surface area contributed by atoms with Crippen LogP contribution in [0, 0.1) is 3.57 Å². The Morgan fingerprint density at radius 1 is 1.56 bits per heavy atom. The van der Waals surface area contributed by atoms with Crippen molar-refractivity contribution in [3.05, 3.63) is 30.6 Å². The minimum atomic E-state index is -0.344. The summed E-state index contributed by atoms with van der Waals surface area (Å²) in [7, 11) is 0. The number of aryl methyl sites for hydroxylation is 1. The first kappa shape index (κ1) is 11.8. The van der Waals surface area contributed by atoms with Gasteiger partial charge in [0.2, 0.25) is 0 Å². The molecule has 1 aromatic heterocycles. The molecule has 0 aliphatic carbocycles. The third-order valence-corrected chi connectivity index (χ3v) is 3.45. The number of rotatable bonds is 3. The van der Waals surface area contributed by atoms with Crippen LogP contribution in [-0.4, -0.2) is 22.3 Å². The zero-order valence-corrected chi connectivity index (χ0v) is 10.9. The number of hydrogen-bond donors (Lipinski definition) is 1. The fourth-order valence-electron chi connectivity index (χ4n) is 1.80. The van der Waals surface area contributed by atoms with E-state index in [1.54, 1.807) is 6.20 Å². The maximum Gasteiger partial charge on any atom is 0.328 e. The Kier molecular flexibility index (Phi) is 3.80. The van der Waals surface area contributed by atoms with Gasteiger partial charge in [-0.15, -0.1) is 0 Å². The molecular weight excluding hydrogens is 323 g/mol. The molecule has 2 heterocycles. The summed E-state index contributed by atoms with van der Waals surface area (Å²) < 4.78 is 7.54. The predicted molar refractivity (Wildman–Crippen MR) is 67.6 cm³/mol. The van der Waals surface area contributed by atoms with Crippen LogP contribution in [0.2, 0.25) is 0 Å². The van der Waals surface area contributed by atoms with Crippen molar-refractivity contribution in [2.45, 2.75) is 31.9 Å². The van der Waals surface area contributed by atoms with Crippen LogP contribution >= 0.6 is 22.6 Å². The van der Waals surface area contributed by atoms with Crippen molar-refractivity contribution in [2.24, 2.45) is 0 Å². The van der Waals surface area contributed by atoms with Crippen molar-refractivity contribution in [1.29, 1.82) is 0 Å². The lowest BCUT2D eigenvalue weighted by Gasteiger charge is -2.10. The summed E-state index contributed by atoms with van der Waals surface area (Å²) in [4.78, 5) is 24.9. The number of ether oxygens (including phenoxy) is 1. The highest BCUT2D eigenvalue weighted by atomic mass is 127. The lowest BCUT2D eigenvalue weighted by atomic mass is 10.2. The van der Waals surface area contributed by atoms with Crippen molar-refractivity contribution in [2.75, 3.05) is 6.61 Å². The molecular formula is C10H13IN2O3. The third kappa shape index (κ3) is 2.73. The topological polar surface area (TPSA) is 64.1 Å². The van der Waals surface area contributed by atoms with Gasteiger partial charge in [0.15, 0.2) is 0 Å². The van der Waals surface area contributed by atoms with Gasteiger partial charge in [-0.05, 0) is 41.9 Å². The highest BCUT2D eigenvalue weighted by molar-refractivity contribution is 14.1. The molecule has 1 N–H and O–H groups in total. The molecule has 1 atom stereocenters. The number of halogens is 1. The van der Waals surface area contributed by atoms with Crippen molar-refractivity contribution in [3.8, 4) is 0 Å². The van der Waals surface area contributed by atoms with Gasteiger partial charge in [0, 0.05) is 19.3 Å². The van der Waals surface area contributed by atoms with Gasteiger partial charge in [0.1, 0.15) is 0 Å². The zero-order valence-electron chi connectivity index (χ0n) is 8.74.